The van der Waals surface area contributed by atoms with E-state index in [9.17, 15) is 13.2 Å². The number of aromatic nitrogens is 2. The van der Waals surface area contributed by atoms with Crippen LogP contribution in [-0.4, -0.2) is 16.0 Å². The van der Waals surface area contributed by atoms with Gasteiger partial charge in [0.2, 0.25) is 5.95 Å². The lowest BCUT2D eigenvalue weighted by Gasteiger charge is -2.14. The molecule has 0 saturated heterocycles. The van der Waals surface area contributed by atoms with Crippen molar-refractivity contribution in [2.45, 2.75) is 33.0 Å². The molecule has 8 heteroatoms. The highest BCUT2D eigenvalue weighted by molar-refractivity contribution is 6.31. The first-order valence-corrected chi connectivity index (χ1v) is 7.29. The average molecular weight is 345 g/mol. The number of alkyl halides is 3. The fourth-order valence-corrected chi connectivity index (χ4v) is 1.98. The number of nitrogens with one attached hydrogen (secondary N) is 2. The summed E-state index contributed by atoms with van der Waals surface area (Å²) in [6.07, 6.45) is -4.56. The summed E-state index contributed by atoms with van der Waals surface area (Å²) >= 11 is 6.02. The summed E-state index contributed by atoms with van der Waals surface area (Å²) in [6, 6.07) is 5.87. The quantitative estimate of drug-likeness (QED) is 0.817. The van der Waals surface area contributed by atoms with Gasteiger partial charge >= 0.3 is 6.18 Å². The fourth-order valence-electron chi connectivity index (χ4n) is 1.80. The van der Waals surface area contributed by atoms with Crippen LogP contribution in [0.15, 0.2) is 24.3 Å². The molecule has 0 atom stereocenters. The minimum atomic E-state index is -4.56. The monoisotopic (exact) mass is 344 g/mol. The van der Waals surface area contributed by atoms with Crippen LogP contribution >= 0.6 is 11.6 Å². The van der Waals surface area contributed by atoms with Crippen LogP contribution in [0.1, 0.15) is 25.1 Å². The van der Waals surface area contributed by atoms with Crippen LogP contribution in [0.3, 0.4) is 0 Å². The smallest absolute Gasteiger partial charge is 0.352 e. The zero-order valence-electron chi connectivity index (χ0n) is 12.8. The number of aryl methyl sites for hydroxylation is 1. The molecule has 0 spiro atoms. The molecule has 2 aromatic rings. The molecule has 0 amide bonds. The molecule has 0 bridgehead atoms. The fraction of sp³-hybridized carbons (Fsp3) is 0.333. The Morgan fingerprint density at radius 2 is 1.83 bits per heavy atom. The molecule has 0 fully saturated rings. The number of halogens is 4. The van der Waals surface area contributed by atoms with Gasteiger partial charge in [0.25, 0.3) is 0 Å². The number of hydrogen-bond donors (Lipinski definition) is 2. The standard InChI is InChI=1S/C15H16ClF3N4/c1-8(2)20-14-22-12(15(17,18)19)7-13(23-14)21-10-5-4-9(3)11(16)6-10/h4-8H,1-3H3,(H2,20,21,22,23). The number of hydrogen-bond acceptors (Lipinski definition) is 4. The number of benzene rings is 1. The Morgan fingerprint density at radius 1 is 1.13 bits per heavy atom. The molecule has 1 heterocycles. The molecular weight excluding hydrogens is 329 g/mol. The normalized spacial score (nSPS) is 11.7. The minimum Gasteiger partial charge on any atom is -0.352 e. The lowest BCUT2D eigenvalue weighted by Crippen LogP contribution is -2.17. The van der Waals surface area contributed by atoms with E-state index in [1.807, 2.05) is 6.92 Å². The maximum absolute atomic E-state index is 13.0. The summed E-state index contributed by atoms with van der Waals surface area (Å²) in [7, 11) is 0. The molecule has 4 nitrogen and oxygen atoms in total. The topological polar surface area (TPSA) is 49.8 Å². The third-order valence-electron chi connectivity index (χ3n) is 2.88. The summed E-state index contributed by atoms with van der Waals surface area (Å²) in [5, 5.41) is 6.11. The molecule has 0 aliphatic heterocycles. The maximum Gasteiger partial charge on any atom is 0.433 e. The highest BCUT2D eigenvalue weighted by atomic mass is 35.5. The molecule has 0 saturated carbocycles. The average Bonchev–Trinajstić information content (AvgIpc) is 2.41. The van der Waals surface area contributed by atoms with E-state index in [2.05, 4.69) is 20.6 Å². The van der Waals surface area contributed by atoms with E-state index in [1.54, 1.807) is 32.0 Å². The van der Waals surface area contributed by atoms with Crippen LogP contribution in [0.2, 0.25) is 5.02 Å². The Balaban J connectivity index is 2.37. The first kappa shape index (κ1) is 17.3. The molecule has 2 rings (SSSR count). The predicted molar refractivity (Wildman–Crippen MR) is 85.3 cm³/mol. The highest BCUT2D eigenvalue weighted by Crippen LogP contribution is 2.31. The minimum absolute atomic E-state index is 0.0374. The molecule has 23 heavy (non-hydrogen) atoms. The van der Waals surface area contributed by atoms with Gasteiger partial charge in [-0.3, -0.25) is 0 Å². The van der Waals surface area contributed by atoms with Crippen molar-refractivity contribution in [1.82, 2.24) is 9.97 Å². The Bertz CT molecular complexity index is 702. The molecular formula is C15H16ClF3N4. The van der Waals surface area contributed by atoms with Crippen molar-refractivity contribution in [2.75, 3.05) is 10.6 Å². The zero-order valence-corrected chi connectivity index (χ0v) is 13.5. The van der Waals surface area contributed by atoms with Crippen LogP contribution < -0.4 is 10.6 Å². The molecule has 2 N–H and O–H groups in total. The summed E-state index contributed by atoms with van der Waals surface area (Å²) in [5.74, 6) is -0.0501. The third-order valence-corrected chi connectivity index (χ3v) is 3.29. The van der Waals surface area contributed by atoms with E-state index >= 15 is 0 Å². The van der Waals surface area contributed by atoms with Crippen molar-refractivity contribution >= 4 is 29.1 Å². The van der Waals surface area contributed by atoms with Gasteiger partial charge in [-0.25, -0.2) is 4.98 Å². The first-order chi connectivity index (χ1) is 10.6. The summed E-state index contributed by atoms with van der Waals surface area (Å²) < 4.78 is 38.9. The molecule has 1 aromatic carbocycles. The van der Waals surface area contributed by atoms with Crippen LogP contribution in [0.5, 0.6) is 0 Å². The van der Waals surface area contributed by atoms with E-state index in [-0.39, 0.29) is 17.8 Å². The van der Waals surface area contributed by atoms with Gasteiger partial charge in [0.1, 0.15) is 5.82 Å². The van der Waals surface area contributed by atoms with Crippen molar-refractivity contribution in [3.05, 3.63) is 40.5 Å². The van der Waals surface area contributed by atoms with Gasteiger partial charge in [-0.15, -0.1) is 0 Å². The van der Waals surface area contributed by atoms with Gasteiger partial charge < -0.3 is 10.6 Å². The molecule has 0 radical (unpaired) electrons. The van der Waals surface area contributed by atoms with Gasteiger partial charge in [0, 0.05) is 22.8 Å². The summed E-state index contributed by atoms with van der Waals surface area (Å²) in [4.78, 5) is 7.56. The number of rotatable bonds is 4. The van der Waals surface area contributed by atoms with Crippen molar-refractivity contribution in [3.63, 3.8) is 0 Å². The van der Waals surface area contributed by atoms with Crippen LogP contribution in [0, 0.1) is 6.92 Å². The Hall–Kier alpha value is -2.02. The van der Waals surface area contributed by atoms with Crippen molar-refractivity contribution in [1.29, 1.82) is 0 Å². The lowest BCUT2D eigenvalue weighted by atomic mass is 10.2. The van der Waals surface area contributed by atoms with Crippen molar-refractivity contribution in [3.8, 4) is 0 Å². The molecule has 0 aliphatic rings. The second-order valence-electron chi connectivity index (χ2n) is 5.35. The van der Waals surface area contributed by atoms with Gasteiger partial charge in [-0.1, -0.05) is 17.7 Å². The lowest BCUT2D eigenvalue weighted by molar-refractivity contribution is -0.141. The second kappa shape index (κ2) is 6.62. The maximum atomic E-state index is 13.0. The largest absolute Gasteiger partial charge is 0.433 e. The summed E-state index contributed by atoms with van der Waals surface area (Å²) in [6.45, 7) is 5.41. The molecule has 0 aliphatic carbocycles. The first-order valence-electron chi connectivity index (χ1n) is 6.91. The van der Waals surface area contributed by atoms with E-state index in [1.165, 1.54) is 0 Å². The number of nitrogens with zero attached hydrogens (tertiary/aromatic N) is 2. The highest BCUT2D eigenvalue weighted by Gasteiger charge is 2.33. The van der Waals surface area contributed by atoms with Crippen molar-refractivity contribution < 1.29 is 13.2 Å². The molecule has 1 aromatic heterocycles. The van der Waals surface area contributed by atoms with E-state index in [0.29, 0.717) is 10.7 Å². The predicted octanol–water partition coefficient (Wildman–Crippen LogP) is 5.02. The van der Waals surface area contributed by atoms with Gasteiger partial charge in [0.05, 0.1) is 0 Å². The number of anilines is 3. The Morgan fingerprint density at radius 3 is 2.39 bits per heavy atom. The molecule has 0 unspecified atom stereocenters. The van der Waals surface area contributed by atoms with Crippen molar-refractivity contribution in [2.24, 2.45) is 0 Å². The zero-order chi connectivity index (χ0) is 17.2. The van der Waals surface area contributed by atoms with E-state index in [0.717, 1.165) is 11.6 Å². The van der Waals surface area contributed by atoms with Gasteiger partial charge in [0.15, 0.2) is 5.69 Å². The second-order valence-corrected chi connectivity index (χ2v) is 5.75. The van der Waals surface area contributed by atoms with Crippen LogP contribution in [0.4, 0.5) is 30.6 Å². The summed E-state index contributed by atoms with van der Waals surface area (Å²) in [5.41, 5.74) is 0.400. The van der Waals surface area contributed by atoms with Gasteiger partial charge in [-0.2, -0.15) is 18.2 Å². The third kappa shape index (κ3) is 4.72. The molecule has 124 valence electrons. The Labute approximate surface area is 137 Å². The Kier molecular flexibility index (Phi) is 4.99. The van der Waals surface area contributed by atoms with E-state index < -0.39 is 11.9 Å². The SMILES string of the molecule is Cc1ccc(Nc2cc(C(F)(F)F)nc(NC(C)C)n2)cc1Cl. The van der Waals surface area contributed by atoms with E-state index in [4.69, 9.17) is 11.6 Å². The van der Waals surface area contributed by atoms with Crippen LogP contribution in [-0.2, 0) is 6.18 Å². The van der Waals surface area contributed by atoms with Crippen LogP contribution in [0.25, 0.3) is 0 Å². The van der Waals surface area contributed by atoms with Gasteiger partial charge in [-0.05, 0) is 38.5 Å².